The summed E-state index contributed by atoms with van der Waals surface area (Å²) >= 11 is 0. The van der Waals surface area contributed by atoms with E-state index in [1.54, 1.807) is 31.3 Å². The highest BCUT2D eigenvalue weighted by atomic mass is 16.5. The molecule has 0 aromatic heterocycles. The number of piperidine rings is 1. The Morgan fingerprint density at radius 2 is 1.68 bits per heavy atom. The van der Waals surface area contributed by atoms with E-state index in [0.717, 1.165) is 5.56 Å². The van der Waals surface area contributed by atoms with Crippen LogP contribution in [0.5, 0.6) is 11.5 Å². The number of hydrogen-bond acceptors (Lipinski definition) is 4. The van der Waals surface area contributed by atoms with Gasteiger partial charge in [-0.05, 0) is 37.5 Å². The first kappa shape index (κ1) is 16.1. The first-order valence-electron chi connectivity index (χ1n) is 7.29. The number of aryl methyl sites for hydroxylation is 1. The van der Waals surface area contributed by atoms with Gasteiger partial charge in [0.15, 0.2) is 11.5 Å². The van der Waals surface area contributed by atoms with Crippen LogP contribution < -0.4 is 15.2 Å². The molecule has 1 aromatic carbocycles. The highest BCUT2D eigenvalue weighted by Gasteiger charge is 2.27. The van der Waals surface area contributed by atoms with Gasteiger partial charge in [-0.3, -0.25) is 9.59 Å². The molecule has 0 radical (unpaired) electrons. The van der Waals surface area contributed by atoms with Crippen LogP contribution in [0.4, 0.5) is 0 Å². The topological polar surface area (TPSA) is 81.9 Å². The average molecular weight is 306 g/mol. The van der Waals surface area contributed by atoms with Gasteiger partial charge in [0.2, 0.25) is 5.91 Å². The van der Waals surface area contributed by atoms with Crippen molar-refractivity contribution in [3.63, 3.8) is 0 Å². The van der Waals surface area contributed by atoms with Crippen molar-refractivity contribution in [3.05, 3.63) is 23.3 Å². The first-order chi connectivity index (χ1) is 10.5. The van der Waals surface area contributed by atoms with Crippen LogP contribution in [0.3, 0.4) is 0 Å². The van der Waals surface area contributed by atoms with E-state index in [4.69, 9.17) is 15.2 Å². The molecule has 1 fully saturated rings. The van der Waals surface area contributed by atoms with Crippen molar-refractivity contribution in [1.82, 2.24) is 4.90 Å². The second-order valence-electron chi connectivity index (χ2n) is 5.49. The minimum atomic E-state index is -0.283. The first-order valence-corrected chi connectivity index (χ1v) is 7.29. The molecule has 0 spiro atoms. The van der Waals surface area contributed by atoms with Crippen molar-refractivity contribution in [2.75, 3.05) is 27.3 Å². The number of rotatable bonds is 4. The fourth-order valence-corrected chi connectivity index (χ4v) is 2.75. The number of carbonyl (C=O) groups is 2. The fourth-order valence-electron chi connectivity index (χ4n) is 2.75. The van der Waals surface area contributed by atoms with E-state index in [9.17, 15) is 9.59 Å². The zero-order valence-electron chi connectivity index (χ0n) is 13.2. The molecular formula is C16H22N2O4. The molecule has 0 bridgehead atoms. The molecule has 2 N–H and O–H groups in total. The third-order valence-electron chi connectivity index (χ3n) is 4.15. The number of hydrogen-bond donors (Lipinski definition) is 1. The molecule has 0 atom stereocenters. The maximum atomic E-state index is 12.7. The molecule has 2 rings (SSSR count). The van der Waals surface area contributed by atoms with E-state index in [-0.39, 0.29) is 17.7 Å². The van der Waals surface area contributed by atoms with Crippen molar-refractivity contribution < 1.29 is 19.1 Å². The Morgan fingerprint density at radius 3 is 2.18 bits per heavy atom. The van der Waals surface area contributed by atoms with Crippen LogP contribution in [0.2, 0.25) is 0 Å². The molecule has 0 aliphatic carbocycles. The monoisotopic (exact) mass is 306 g/mol. The zero-order valence-corrected chi connectivity index (χ0v) is 13.2. The molecule has 22 heavy (non-hydrogen) atoms. The molecule has 1 aliphatic rings. The van der Waals surface area contributed by atoms with E-state index in [0.29, 0.717) is 43.0 Å². The van der Waals surface area contributed by atoms with Gasteiger partial charge in [-0.15, -0.1) is 0 Å². The number of nitrogens with zero attached hydrogens (tertiary/aromatic N) is 1. The number of primary amides is 1. The van der Waals surface area contributed by atoms with Crippen LogP contribution in [-0.4, -0.2) is 44.0 Å². The smallest absolute Gasteiger partial charge is 0.254 e. The van der Waals surface area contributed by atoms with Crippen LogP contribution in [0.1, 0.15) is 28.8 Å². The molecule has 2 amide bonds. The molecule has 1 heterocycles. The second-order valence-corrected chi connectivity index (χ2v) is 5.49. The lowest BCUT2D eigenvalue weighted by molar-refractivity contribution is -0.123. The Hall–Kier alpha value is -2.24. The van der Waals surface area contributed by atoms with E-state index in [1.807, 2.05) is 6.92 Å². The average Bonchev–Trinajstić information content (AvgIpc) is 2.53. The van der Waals surface area contributed by atoms with Crippen molar-refractivity contribution in [2.45, 2.75) is 19.8 Å². The number of ether oxygens (including phenoxy) is 2. The van der Waals surface area contributed by atoms with Crippen LogP contribution in [0.15, 0.2) is 12.1 Å². The largest absolute Gasteiger partial charge is 0.493 e. The number of benzene rings is 1. The molecule has 6 heteroatoms. The third kappa shape index (κ3) is 3.16. The van der Waals surface area contributed by atoms with Crippen LogP contribution in [0.25, 0.3) is 0 Å². The van der Waals surface area contributed by atoms with E-state index in [1.165, 1.54) is 0 Å². The lowest BCUT2D eigenvalue weighted by Crippen LogP contribution is -2.41. The Bertz CT molecular complexity index is 578. The fraction of sp³-hybridized carbons (Fsp3) is 0.500. The van der Waals surface area contributed by atoms with Crippen molar-refractivity contribution in [3.8, 4) is 11.5 Å². The Labute approximate surface area is 130 Å². The van der Waals surface area contributed by atoms with E-state index < -0.39 is 0 Å². The summed E-state index contributed by atoms with van der Waals surface area (Å²) in [6.07, 6.45) is 1.24. The summed E-state index contributed by atoms with van der Waals surface area (Å²) in [5.41, 5.74) is 6.75. The zero-order chi connectivity index (χ0) is 16.3. The van der Waals surface area contributed by atoms with Crippen LogP contribution in [-0.2, 0) is 4.79 Å². The summed E-state index contributed by atoms with van der Waals surface area (Å²) in [6.45, 7) is 2.95. The Balaban J connectivity index is 2.18. The van der Waals surface area contributed by atoms with Gasteiger partial charge in [-0.1, -0.05) is 0 Å². The molecule has 1 saturated heterocycles. The minimum Gasteiger partial charge on any atom is -0.493 e. The number of carbonyl (C=O) groups excluding carboxylic acids is 2. The highest BCUT2D eigenvalue weighted by molar-refractivity contribution is 5.96. The van der Waals surface area contributed by atoms with Gasteiger partial charge in [0.1, 0.15) is 0 Å². The summed E-state index contributed by atoms with van der Waals surface area (Å²) in [4.78, 5) is 25.6. The highest BCUT2D eigenvalue weighted by Crippen LogP contribution is 2.31. The maximum Gasteiger partial charge on any atom is 0.254 e. The van der Waals surface area contributed by atoms with Crippen molar-refractivity contribution in [2.24, 2.45) is 11.7 Å². The molecular weight excluding hydrogens is 284 g/mol. The number of nitrogens with two attached hydrogens (primary N) is 1. The van der Waals surface area contributed by atoms with Gasteiger partial charge < -0.3 is 20.1 Å². The minimum absolute atomic E-state index is 0.0543. The van der Waals surface area contributed by atoms with E-state index in [2.05, 4.69) is 0 Å². The summed E-state index contributed by atoms with van der Waals surface area (Å²) in [5.74, 6) is 0.666. The predicted molar refractivity (Wildman–Crippen MR) is 82.1 cm³/mol. The molecule has 0 unspecified atom stereocenters. The summed E-state index contributed by atoms with van der Waals surface area (Å²) in [7, 11) is 3.10. The Morgan fingerprint density at radius 1 is 1.14 bits per heavy atom. The van der Waals surface area contributed by atoms with Gasteiger partial charge in [0.05, 0.1) is 14.2 Å². The van der Waals surface area contributed by atoms with Gasteiger partial charge in [-0.25, -0.2) is 0 Å². The summed E-state index contributed by atoms with van der Waals surface area (Å²) < 4.78 is 10.5. The van der Waals surface area contributed by atoms with Crippen molar-refractivity contribution in [1.29, 1.82) is 0 Å². The third-order valence-corrected chi connectivity index (χ3v) is 4.15. The molecule has 1 aliphatic heterocycles. The van der Waals surface area contributed by atoms with Gasteiger partial charge in [0.25, 0.3) is 5.91 Å². The lowest BCUT2D eigenvalue weighted by Gasteiger charge is -2.31. The van der Waals surface area contributed by atoms with Crippen LogP contribution >= 0.6 is 0 Å². The number of amides is 2. The summed E-state index contributed by atoms with van der Waals surface area (Å²) in [6, 6.07) is 3.50. The second kappa shape index (κ2) is 6.68. The SMILES string of the molecule is COc1cc(C)c(C(=O)N2CCC(C(N)=O)CC2)cc1OC. The van der Waals surface area contributed by atoms with Crippen LogP contribution in [0, 0.1) is 12.8 Å². The van der Waals surface area contributed by atoms with Gasteiger partial charge in [0, 0.05) is 24.6 Å². The molecule has 120 valence electrons. The normalized spacial score (nSPS) is 15.5. The summed E-state index contributed by atoms with van der Waals surface area (Å²) in [5, 5.41) is 0. The number of methoxy groups -OCH3 is 2. The number of likely N-dealkylation sites (tertiary alicyclic amines) is 1. The standard InChI is InChI=1S/C16H22N2O4/c1-10-8-13(21-2)14(22-3)9-12(10)16(20)18-6-4-11(5-7-18)15(17)19/h8-9,11H,4-7H2,1-3H3,(H2,17,19). The molecule has 6 nitrogen and oxygen atoms in total. The lowest BCUT2D eigenvalue weighted by atomic mass is 9.95. The Kier molecular flexibility index (Phi) is 4.90. The molecule has 0 saturated carbocycles. The van der Waals surface area contributed by atoms with Crippen molar-refractivity contribution >= 4 is 11.8 Å². The van der Waals surface area contributed by atoms with Gasteiger partial charge in [-0.2, -0.15) is 0 Å². The van der Waals surface area contributed by atoms with Gasteiger partial charge >= 0.3 is 0 Å². The predicted octanol–water partition coefficient (Wildman–Crippen LogP) is 1.35. The maximum absolute atomic E-state index is 12.7. The quantitative estimate of drug-likeness (QED) is 0.910. The van der Waals surface area contributed by atoms with E-state index >= 15 is 0 Å². The molecule has 1 aromatic rings.